The second-order valence-electron chi connectivity index (χ2n) is 3.80. The molecule has 0 aromatic carbocycles. The Morgan fingerprint density at radius 2 is 1.41 bits per heavy atom. The van der Waals surface area contributed by atoms with Gasteiger partial charge in [0.15, 0.2) is 0 Å². The molecular formula is C11H24N2O4. The fraction of sp³-hybridized carbons (Fsp3) is 0.818. The molecule has 6 N–H and O–H groups in total. The van der Waals surface area contributed by atoms with Crippen LogP contribution < -0.4 is 11.5 Å². The summed E-state index contributed by atoms with van der Waals surface area (Å²) in [6, 6.07) is 0. The Kier molecular flexibility index (Phi) is 13.9. The molecular weight excluding hydrogens is 224 g/mol. The number of nitrogens with two attached hydrogens (primary N) is 2. The molecule has 0 bridgehead atoms. The van der Waals surface area contributed by atoms with Gasteiger partial charge in [0.25, 0.3) is 0 Å². The zero-order valence-corrected chi connectivity index (χ0v) is 10.4. The molecule has 0 atom stereocenters. The van der Waals surface area contributed by atoms with E-state index in [2.05, 4.69) is 6.92 Å². The Hall–Kier alpha value is -1.14. The zero-order valence-electron chi connectivity index (χ0n) is 10.4. The summed E-state index contributed by atoms with van der Waals surface area (Å²) in [5.74, 6) is -1.74. The molecule has 0 aromatic heterocycles. The number of unbranched alkanes of at least 4 members (excludes halogenated alkanes) is 2. The Morgan fingerprint density at radius 3 is 1.59 bits per heavy atom. The smallest absolute Gasteiger partial charge is 0.303 e. The molecule has 0 aliphatic carbocycles. The third kappa shape index (κ3) is 25.3. The fourth-order valence-electron chi connectivity index (χ4n) is 0.992. The molecule has 0 aromatic rings. The van der Waals surface area contributed by atoms with E-state index in [1.165, 1.54) is 6.42 Å². The van der Waals surface area contributed by atoms with Crippen molar-refractivity contribution >= 4 is 11.9 Å². The van der Waals surface area contributed by atoms with Gasteiger partial charge in [-0.3, -0.25) is 9.59 Å². The molecule has 0 spiro atoms. The largest absolute Gasteiger partial charge is 0.481 e. The van der Waals surface area contributed by atoms with Crippen LogP contribution >= 0.6 is 0 Å². The minimum absolute atomic E-state index is 0.0628. The van der Waals surface area contributed by atoms with Crippen molar-refractivity contribution in [3.63, 3.8) is 0 Å². The number of hydrogen-bond acceptors (Lipinski definition) is 4. The van der Waals surface area contributed by atoms with Gasteiger partial charge in [0, 0.05) is 12.8 Å². The van der Waals surface area contributed by atoms with Crippen LogP contribution in [0.2, 0.25) is 0 Å². The number of carboxylic acids is 2. The van der Waals surface area contributed by atoms with E-state index in [0.29, 0.717) is 12.8 Å². The minimum Gasteiger partial charge on any atom is -0.481 e. The maximum Gasteiger partial charge on any atom is 0.303 e. The lowest BCUT2D eigenvalue weighted by Crippen LogP contribution is -2.29. The van der Waals surface area contributed by atoms with E-state index in [4.69, 9.17) is 21.7 Å². The summed E-state index contributed by atoms with van der Waals surface area (Å²) in [7, 11) is 0. The van der Waals surface area contributed by atoms with Crippen LogP contribution in [-0.4, -0.2) is 28.3 Å². The summed E-state index contributed by atoms with van der Waals surface area (Å²) >= 11 is 0. The van der Waals surface area contributed by atoms with Crippen LogP contribution in [0.25, 0.3) is 0 Å². The van der Waals surface area contributed by atoms with Gasteiger partial charge in [-0.1, -0.05) is 19.8 Å². The molecule has 102 valence electrons. The predicted octanol–water partition coefficient (Wildman–Crippen LogP) is 1.14. The Morgan fingerprint density at radius 1 is 1.00 bits per heavy atom. The number of carboxylic acid groups (broad SMARTS) is 2. The van der Waals surface area contributed by atoms with Gasteiger partial charge in [0.2, 0.25) is 0 Å². The van der Waals surface area contributed by atoms with Gasteiger partial charge in [-0.2, -0.15) is 0 Å². The molecule has 0 radical (unpaired) electrons. The maximum absolute atomic E-state index is 9.90. The molecule has 0 unspecified atom stereocenters. The van der Waals surface area contributed by atoms with Crippen LogP contribution in [0.3, 0.4) is 0 Å². The van der Waals surface area contributed by atoms with E-state index in [9.17, 15) is 9.59 Å². The summed E-state index contributed by atoms with van der Waals surface area (Å²) in [5.41, 5.74) is 10.5. The molecule has 0 aliphatic heterocycles. The Bertz CT molecular complexity index is 192. The van der Waals surface area contributed by atoms with E-state index in [0.717, 1.165) is 12.8 Å². The quantitative estimate of drug-likeness (QED) is 0.377. The Balaban J connectivity index is 0. The standard InChI is InChI=1S/C6H10O4.C5H14N2/c7-5(8)3-1-2-4-6(9)10;1-2-3-4-5(6)7/h1-4H2,(H,7,8)(H,9,10);5H,2-4,6-7H2,1H3. The molecule has 0 rings (SSSR count). The highest BCUT2D eigenvalue weighted by molar-refractivity contribution is 5.67. The summed E-state index contributed by atoms with van der Waals surface area (Å²) in [4.78, 5) is 19.8. The minimum atomic E-state index is -0.870. The van der Waals surface area contributed by atoms with Crippen molar-refractivity contribution in [1.82, 2.24) is 0 Å². The molecule has 6 nitrogen and oxygen atoms in total. The number of hydrogen-bond donors (Lipinski definition) is 4. The van der Waals surface area contributed by atoms with Crippen molar-refractivity contribution in [2.75, 3.05) is 0 Å². The third-order valence-corrected chi connectivity index (χ3v) is 1.92. The second kappa shape index (κ2) is 12.9. The molecule has 0 saturated carbocycles. The van der Waals surface area contributed by atoms with Crippen LogP contribution in [0.1, 0.15) is 51.9 Å². The predicted molar refractivity (Wildman–Crippen MR) is 65.4 cm³/mol. The van der Waals surface area contributed by atoms with E-state index in [1.807, 2.05) is 0 Å². The first-order valence-corrected chi connectivity index (χ1v) is 5.84. The molecule has 17 heavy (non-hydrogen) atoms. The highest BCUT2D eigenvalue weighted by Crippen LogP contribution is 1.98. The van der Waals surface area contributed by atoms with Gasteiger partial charge in [0.05, 0.1) is 6.17 Å². The highest BCUT2D eigenvalue weighted by Gasteiger charge is 1.99. The third-order valence-electron chi connectivity index (χ3n) is 1.92. The van der Waals surface area contributed by atoms with Crippen molar-refractivity contribution in [3.05, 3.63) is 0 Å². The SMILES string of the molecule is CCCCC(N)N.O=C(O)CCCCC(=O)O. The average Bonchev–Trinajstić information content (AvgIpc) is 2.22. The van der Waals surface area contributed by atoms with E-state index >= 15 is 0 Å². The van der Waals surface area contributed by atoms with Crippen molar-refractivity contribution in [1.29, 1.82) is 0 Å². The first-order valence-electron chi connectivity index (χ1n) is 5.84. The summed E-state index contributed by atoms with van der Waals surface area (Å²) < 4.78 is 0. The van der Waals surface area contributed by atoms with Gasteiger partial charge < -0.3 is 21.7 Å². The summed E-state index contributed by atoms with van der Waals surface area (Å²) in [6.45, 7) is 2.13. The second-order valence-corrected chi connectivity index (χ2v) is 3.80. The van der Waals surface area contributed by atoms with Crippen molar-refractivity contribution in [3.8, 4) is 0 Å². The van der Waals surface area contributed by atoms with Crippen molar-refractivity contribution in [2.45, 2.75) is 58.0 Å². The van der Waals surface area contributed by atoms with E-state index in [1.54, 1.807) is 0 Å². The van der Waals surface area contributed by atoms with Crippen molar-refractivity contribution < 1.29 is 19.8 Å². The first kappa shape index (κ1) is 18.2. The average molecular weight is 248 g/mol. The molecule has 0 heterocycles. The molecule has 0 fully saturated rings. The van der Waals surface area contributed by atoms with Gasteiger partial charge in [-0.15, -0.1) is 0 Å². The van der Waals surface area contributed by atoms with Crippen LogP contribution in [0.15, 0.2) is 0 Å². The molecule has 6 heteroatoms. The van der Waals surface area contributed by atoms with Crippen molar-refractivity contribution in [2.24, 2.45) is 11.5 Å². The van der Waals surface area contributed by atoms with Gasteiger partial charge >= 0.3 is 11.9 Å². The van der Waals surface area contributed by atoms with E-state index in [-0.39, 0.29) is 19.0 Å². The number of rotatable bonds is 8. The monoisotopic (exact) mass is 248 g/mol. The lowest BCUT2D eigenvalue weighted by Gasteiger charge is -2.00. The molecule has 0 saturated heterocycles. The van der Waals surface area contributed by atoms with Crippen LogP contribution in [0.5, 0.6) is 0 Å². The fourth-order valence-corrected chi connectivity index (χ4v) is 0.992. The number of carbonyl (C=O) groups is 2. The number of aliphatic carboxylic acids is 2. The summed E-state index contributed by atoms with van der Waals surface area (Å²) in [5, 5.41) is 16.3. The van der Waals surface area contributed by atoms with Crippen LogP contribution in [0, 0.1) is 0 Å². The molecule has 0 aliphatic rings. The van der Waals surface area contributed by atoms with Gasteiger partial charge in [0.1, 0.15) is 0 Å². The zero-order chi connectivity index (χ0) is 13.7. The van der Waals surface area contributed by atoms with Crippen LogP contribution in [-0.2, 0) is 9.59 Å². The normalized spacial score (nSPS) is 9.65. The van der Waals surface area contributed by atoms with E-state index < -0.39 is 11.9 Å². The molecule has 0 amide bonds. The lowest BCUT2D eigenvalue weighted by molar-refractivity contribution is -0.139. The van der Waals surface area contributed by atoms with Crippen LogP contribution in [0.4, 0.5) is 0 Å². The van der Waals surface area contributed by atoms with Gasteiger partial charge in [-0.05, 0) is 19.3 Å². The summed E-state index contributed by atoms with van der Waals surface area (Å²) in [6.07, 6.45) is 4.21. The lowest BCUT2D eigenvalue weighted by atomic mass is 10.2. The highest BCUT2D eigenvalue weighted by atomic mass is 16.4. The van der Waals surface area contributed by atoms with Gasteiger partial charge in [-0.25, -0.2) is 0 Å². The topological polar surface area (TPSA) is 127 Å². The maximum atomic E-state index is 9.90. The first-order chi connectivity index (χ1) is 7.90. The Labute approximate surface area is 102 Å².